The molecule has 1 unspecified atom stereocenters. The third-order valence-corrected chi connectivity index (χ3v) is 5.89. The minimum absolute atomic E-state index is 0.137. The van der Waals surface area contributed by atoms with Gasteiger partial charge < -0.3 is 9.88 Å². The third kappa shape index (κ3) is 1.67. The fourth-order valence-electron chi connectivity index (χ4n) is 2.79. The molecule has 0 saturated carbocycles. The van der Waals surface area contributed by atoms with Crippen molar-refractivity contribution in [3.05, 3.63) is 30.2 Å². The molecule has 86 valence electrons. The topological polar surface area (TPSA) is 34.0 Å². The van der Waals surface area contributed by atoms with Crippen molar-refractivity contribution < 1.29 is 0 Å². The summed E-state index contributed by atoms with van der Waals surface area (Å²) in [5, 5.41) is 3.45. The summed E-state index contributed by atoms with van der Waals surface area (Å²) in [7, 11) is 0. The molecule has 3 heterocycles. The quantitative estimate of drug-likeness (QED) is 0.682. The van der Waals surface area contributed by atoms with Gasteiger partial charge in [0.25, 0.3) is 5.56 Å². The number of aromatic nitrogens is 1. The highest BCUT2D eigenvalue weighted by molar-refractivity contribution is 14.1. The zero-order valence-electron chi connectivity index (χ0n) is 8.67. The maximum atomic E-state index is 12.2. The van der Waals surface area contributed by atoms with Gasteiger partial charge in [-0.3, -0.25) is 4.79 Å². The van der Waals surface area contributed by atoms with Crippen molar-refractivity contribution in [3.63, 3.8) is 0 Å². The lowest BCUT2D eigenvalue weighted by Crippen LogP contribution is -2.45. The van der Waals surface area contributed by atoms with E-state index in [1.165, 1.54) is 12.1 Å². The summed E-state index contributed by atoms with van der Waals surface area (Å²) >= 11 is 5.61. The average Bonchev–Trinajstić information content (AvgIpc) is 2.29. The summed E-state index contributed by atoms with van der Waals surface area (Å²) in [6.07, 6.45) is 1.23. The molecule has 0 amide bonds. The molecule has 1 N–H and O–H groups in total. The van der Waals surface area contributed by atoms with E-state index in [-0.39, 0.29) is 5.56 Å². The van der Waals surface area contributed by atoms with Crippen LogP contribution in [0.5, 0.6) is 0 Å². The summed E-state index contributed by atoms with van der Waals surface area (Å²) < 4.78 is 3.70. The highest BCUT2D eigenvalue weighted by Gasteiger charge is 2.31. The van der Waals surface area contributed by atoms with Gasteiger partial charge in [-0.2, -0.15) is 0 Å². The molecule has 0 radical (unpaired) electrons. The molecule has 16 heavy (non-hydrogen) atoms. The molecule has 5 heteroatoms. The first-order chi connectivity index (χ1) is 7.66. The number of fused-ring (bicyclic) bond motifs is 4. The number of nitrogens with one attached hydrogen (secondary N) is 1. The fraction of sp³-hybridized carbons (Fsp3) is 0.545. The second-order valence-electron chi connectivity index (χ2n) is 4.60. The molecule has 2 aliphatic rings. The molecular weight excluding hydrogens is 383 g/mol. The van der Waals surface area contributed by atoms with E-state index in [4.69, 9.17) is 0 Å². The predicted octanol–water partition coefficient (Wildman–Crippen LogP) is 1.92. The van der Waals surface area contributed by atoms with Gasteiger partial charge in [-0.1, -0.05) is 0 Å². The molecule has 0 spiro atoms. The lowest BCUT2D eigenvalue weighted by Gasteiger charge is -2.37. The lowest BCUT2D eigenvalue weighted by molar-refractivity contribution is 0.256. The Hall–Kier alpha value is 0.120. The van der Waals surface area contributed by atoms with E-state index in [1.807, 2.05) is 4.57 Å². The lowest BCUT2D eigenvalue weighted by atomic mass is 9.84. The number of hydrogen-bond donors (Lipinski definition) is 1. The summed E-state index contributed by atoms with van der Waals surface area (Å²) in [4.78, 5) is 12.2. The van der Waals surface area contributed by atoms with Crippen molar-refractivity contribution in [2.45, 2.75) is 18.9 Å². The van der Waals surface area contributed by atoms with E-state index >= 15 is 0 Å². The van der Waals surface area contributed by atoms with Gasteiger partial charge in [0.2, 0.25) is 0 Å². The first-order valence-corrected chi connectivity index (χ1v) is 7.33. The van der Waals surface area contributed by atoms with Crippen molar-refractivity contribution in [2.75, 3.05) is 13.1 Å². The van der Waals surface area contributed by atoms with Gasteiger partial charge in [0.05, 0.1) is 4.47 Å². The van der Waals surface area contributed by atoms with Crippen LogP contribution in [0.2, 0.25) is 0 Å². The number of halogens is 2. The molecular formula is C11H12BrIN2O. The fourth-order valence-corrected chi connectivity index (χ4v) is 3.67. The zero-order chi connectivity index (χ0) is 11.3. The molecule has 0 aliphatic carbocycles. The summed E-state index contributed by atoms with van der Waals surface area (Å²) in [6, 6.07) is 2.15. The number of piperidine rings is 1. The number of hydrogen-bond acceptors (Lipinski definition) is 2. The van der Waals surface area contributed by atoms with E-state index < -0.39 is 0 Å². The Morgan fingerprint density at radius 2 is 2.31 bits per heavy atom. The number of nitrogens with zero attached hydrogens (tertiary/aromatic N) is 1. The zero-order valence-corrected chi connectivity index (χ0v) is 12.4. The Bertz CT molecular complexity index is 499. The van der Waals surface area contributed by atoms with Gasteiger partial charge in [0.1, 0.15) is 0 Å². The van der Waals surface area contributed by atoms with Crippen molar-refractivity contribution in [3.8, 4) is 0 Å². The van der Waals surface area contributed by atoms with Crippen molar-refractivity contribution >= 4 is 38.5 Å². The van der Waals surface area contributed by atoms with Crippen molar-refractivity contribution in [1.29, 1.82) is 0 Å². The minimum atomic E-state index is 0.137. The molecule has 2 aliphatic heterocycles. The molecule has 1 aromatic rings. The SMILES string of the molecule is O=c1c(Br)c(I)cc2n1CC1CNC[C@@H]2C1. The van der Waals surface area contributed by atoms with E-state index in [1.54, 1.807) is 0 Å². The first-order valence-electron chi connectivity index (χ1n) is 5.46. The van der Waals surface area contributed by atoms with Gasteiger partial charge >= 0.3 is 0 Å². The Morgan fingerprint density at radius 1 is 1.50 bits per heavy atom. The second-order valence-corrected chi connectivity index (χ2v) is 6.56. The highest BCUT2D eigenvalue weighted by Crippen LogP contribution is 2.33. The Morgan fingerprint density at radius 3 is 3.12 bits per heavy atom. The summed E-state index contributed by atoms with van der Waals surface area (Å²) in [5.74, 6) is 1.14. The largest absolute Gasteiger partial charge is 0.316 e. The maximum Gasteiger partial charge on any atom is 0.266 e. The van der Waals surface area contributed by atoms with Crippen LogP contribution >= 0.6 is 38.5 Å². The van der Waals surface area contributed by atoms with Crippen LogP contribution in [-0.4, -0.2) is 17.7 Å². The van der Waals surface area contributed by atoms with E-state index in [0.29, 0.717) is 16.3 Å². The second kappa shape index (κ2) is 4.10. The summed E-state index contributed by atoms with van der Waals surface area (Å²) in [6.45, 7) is 2.92. The Kier molecular flexibility index (Phi) is 2.88. The molecule has 3 rings (SSSR count). The summed E-state index contributed by atoms with van der Waals surface area (Å²) in [5.41, 5.74) is 1.35. The minimum Gasteiger partial charge on any atom is -0.316 e. The number of rotatable bonds is 0. The normalized spacial score (nSPS) is 27.6. The van der Waals surface area contributed by atoms with Crippen LogP contribution in [0.1, 0.15) is 18.0 Å². The predicted molar refractivity (Wildman–Crippen MR) is 74.8 cm³/mol. The van der Waals surface area contributed by atoms with Gasteiger partial charge in [-0.15, -0.1) is 0 Å². The van der Waals surface area contributed by atoms with Crippen LogP contribution in [0.15, 0.2) is 15.3 Å². The van der Waals surface area contributed by atoms with Crippen molar-refractivity contribution in [1.82, 2.24) is 9.88 Å². The van der Waals surface area contributed by atoms with Crippen LogP contribution in [0.4, 0.5) is 0 Å². The standard InChI is InChI=1S/C11H12BrIN2O/c12-10-8(13)2-9-7-1-6(3-14-4-7)5-15(9)11(10)16/h2,6-7,14H,1,3-5H2/t6?,7-/m0/s1. The molecule has 3 nitrogen and oxygen atoms in total. The van der Waals surface area contributed by atoms with Crippen LogP contribution in [0.3, 0.4) is 0 Å². The Labute approximate surface area is 116 Å². The number of pyridine rings is 1. The van der Waals surface area contributed by atoms with Crippen LogP contribution in [0, 0.1) is 9.49 Å². The third-order valence-electron chi connectivity index (χ3n) is 3.53. The van der Waals surface area contributed by atoms with Gasteiger partial charge in [-0.05, 0) is 63.5 Å². The average molecular weight is 395 g/mol. The van der Waals surface area contributed by atoms with E-state index in [0.717, 1.165) is 23.2 Å². The van der Waals surface area contributed by atoms with Crippen LogP contribution < -0.4 is 10.9 Å². The Balaban J connectivity index is 2.20. The van der Waals surface area contributed by atoms with Gasteiger partial charge in [-0.25, -0.2) is 0 Å². The van der Waals surface area contributed by atoms with Gasteiger partial charge in [0.15, 0.2) is 0 Å². The van der Waals surface area contributed by atoms with E-state index in [2.05, 4.69) is 49.9 Å². The smallest absolute Gasteiger partial charge is 0.266 e. The molecule has 1 fully saturated rings. The molecule has 1 aromatic heterocycles. The molecule has 2 atom stereocenters. The monoisotopic (exact) mass is 394 g/mol. The molecule has 0 aromatic carbocycles. The van der Waals surface area contributed by atoms with Crippen LogP contribution in [0.25, 0.3) is 0 Å². The van der Waals surface area contributed by atoms with E-state index in [9.17, 15) is 4.79 Å². The van der Waals surface area contributed by atoms with Crippen molar-refractivity contribution in [2.24, 2.45) is 5.92 Å². The van der Waals surface area contributed by atoms with Crippen LogP contribution in [-0.2, 0) is 6.54 Å². The molecule has 2 bridgehead atoms. The first kappa shape index (κ1) is 11.2. The molecule has 1 saturated heterocycles. The highest BCUT2D eigenvalue weighted by atomic mass is 127. The van der Waals surface area contributed by atoms with Gasteiger partial charge in [0, 0.05) is 28.3 Å². The maximum absolute atomic E-state index is 12.2.